The number of anilines is 1. The lowest BCUT2D eigenvalue weighted by Crippen LogP contribution is -2.50. The summed E-state index contributed by atoms with van der Waals surface area (Å²) >= 11 is 1.66. The molecule has 0 aromatic heterocycles. The Labute approximate surface area is 309 Å². The predicted octanol–water partition coefficient (Wildman–Crippen LogP) is 7.31. The second-order valence-electron chi connectivity index (χ2n) is 13.1. The maximum atomic E-state index is 13.0. The van der Waals surface area contributed by atoms with Crippen molar-refractivity contribution in [2.24, 2.45) is 0 Å². The van der Waals surface area contributed by atoms with Gasteiger partial charge in [-0.3, -0.25) is 14.4 Å². The monoisotopic (exact) mass is 747 g/mol. The third-order valence-electron chi connectivity index (χ3n) is 9.19. The normalized spacial score (nSPS) is 20.2. The molecular weight excluding hydrogens is 708 g/mol. The molecule has 2 fully saturated rings. The number of alkyl halides is 3. The number of thioether (sulfide) groups is 1. The minimum atomic E-state index is -5.03. The molecule has 9 nitrogen and oxygen atoms in total. The summed E-state index contributed by atoms with van der Waals surface area (Å²) in [6.07, 6.45) is -4.92. The number of aliphatic hydroxyl groups excluding tert-OH is 1. The number of halogens is 3. The van der Waals surface area contributed by atoms with Gasteiger partial charge in [-0.2, -0.15) is 13.2 Å². The Morgan fingerprint density at radius 2 is 1.60 bits per heavy atom. The lowest BCUT2D eigenvalue weighted by Gasteiger charge is -2.36. The van der Waals surface area contributed by atoms with E-state index in [1.165, 1.54) is 6.92 Å². The molecule has 0 bridgehead atoms. The van der Waals surface area contributed by atoms with Crippen LogP contribution in [0.5, 0.6) is 0 Å². The Bertz CT molecular complexity index is 1890. The highest BCUT2D eigenvalue weighted by Crippen LogP contribution is 2.40. The third kappa shape index (κ3) is 9.85. The number of amides is 3. The fourth-order valence-electron chi connectivity index (χ4n) is 6.50. The van der Waals surface area contributed by atoms with Crippen LogP contribution in [0, 0.1) is 0 Å². The first-order chi connectivity index (χ1) is 25.5. The quantitative estimate of drug-likeness (QED) is 0.138. The number of likely N-dealkylation sites (tertiary alicyclic amines) is 1. The summed E-state index contributed by atoms with van der Waals surface area (Å²) in [5, 5.41) is 15.0. The zero-order chi connectivity index (χ0) is 37.5. The van der Waals surface area contributed by atoms with Gasteiger partial charge in [0.25, 0.3) is 0 Å². The van der Waals surface area contributed by atoms with Crippen molar-refractivity contribution in [1.29, 1.82) is 0 Å². The molecule has 0 saturated carbocycles. The first-order valence-corrected chi connectivity index (χ1v) is 18.3. The number of benzene rings is 4. The molecule has 4 atom stereocenters. The highest BCUT2D eigenvalue weighted by molar-refractivity contribution is 7.99. The van der Waals surface area contributed by atoms with E-state index >= 15 is 0 Å². The molecular formula is C40H40F3N3O6S. The van der Waals surface area contributed by atoms with E-state index in [0.29, 0.717) is 23.5 Å². The van der Waals surface area contributed by atoms with Gasteiger partial charge < -0.3 is 30.1 Å². The first-order valence-electron chi connectivity index (χ1n) is 17.3. The van der Waals surface area contributed by atoms with E-state index in [4.69, 9.17) is 9.47 Å². The van der Waals surface area contributed by atoms with Crippen LogP contribution >= 0.6 is 11.8 Å². The van der Waals surface area contributed by atoms with E-state index < -0.39 is 30.3 Å². The summed E-state index contributed by atoms with van der Waals surface area (Å²) in [6, 6.07) is 29.5. The van der Waals surface area contributed by atoms with E-state index in [1.54, 1.807) is 11.8 Å². The van der Waals surface area contributed by atoms with Gasteiger partial charge in [-0.15, -0.1) is 11.8 Å². The van der Waals surface area contributed by atoms with Gasteiger partial charge in [0.05, 0.1) is 18.8 Å². The Hall–Kier alpha value is -4.69. The molecule has 3 N–H and O–H groups in total. The molecule has 0 radical (unpaired) electrons. The number of nitrogens with zero attached hydrogens (tertiary/aromatic N) is 1. The van der Waals surface area contributed by atoms with Crippen molar-refractivity contribution in [2.75, 3.05) is 17.6 Å². The summed E-state index contributed by atoms with van der Waals surface area (Å²) in [5.41, 5.74) is 5.90. The van der Waals surface area contributed by atoms with Crippen molar-refractivity contribution < 1.29 is 42.1 Å². The van der Waals surface area contributed by atoms with Crippen LogP contribution in [0.4, 0.5) is 18.9 Å². The Morgan fingerprint density at radius 3 is 2.28 bits per heavy atom. The van der Waals surface area contributed by atoms with Crippen LogP contribution in [-0.2, 0) is 37.0 Å². The summed E-state index contributed by atoms with van der Waals surface area (Å²) in [7, 11) is 0. The topological polar surface area (TPSA) is 117 Å². The lowest BCUT2D eigenvalue weighted by atomic mass is 9.99. The number of nitrogens with one attached hydrogen (secondary N) is 2. The maximum absolute atomic E-state index is 13.0. The van der Waals surface area contributed by atoms with Crippen LogP contribution in [0.25, 0.3) is 11.1 Å². The number of rotatable bonds is 11. The van der Waals surface area contributed by atoms with E-state index in [0.717, 1.165) is 44.0 Å². The van der Waals surface area contributed by atoms with Crippen molar-refractivity contribution in [3.8, 4) is 11.1 Å². The molecule has 4 aromatic carbocycles. The van der Waals surface area contributed by atoms with Gasteiger partial charge in [-0.05, 0) is 71.0 Å². The molecule has 278 valence electrons. The Balaban J connectivity index is 1.12. The SMILES string of the molecule is CC(=O)Nc1ccc(SC[C@H]2C[C@@H](c3ccc(CO)cc3)O[C@@H](c3ccc(-c4cccc(CNC(=O)[C@@H]5CCCN5C(=O)C(F)(F)F)c4)cc3)O2)cc1. The molecule has 53 heavy (non-hydrogen) atoms. The zero-order valence-electron chi connectivity index (χ0n) is 29.0. The average molecular weight is 748 g/mol. The number of hydrogen-bond donors (Lipinski definition) is 3. The molecule has 4 aromatic rings. The van der Waals surface area contributed by atoms with E-state index in [1.807, 2.05) is 97.1 Å². The zero-order valence-corrected chi connectivity index (χ0v) is 29.8. The molecule has 2 heterocycles. The molecule has 2 aliphatic heterocycles. The Morgan fingerprint density at radius 1 is 0.887 bits per heavy atom. The van der Waals surface area contributed by atoms with E-state index in [-0.39, 0.29) is 44.2 Å². The summed E-state index contributed by atoms with van der Waals surface area (Å²) in [5.74, 6) is -2.06. The molecule has 2 aliphatic rings. The molecule has 6 rings (SSSR count). The highest BCUT2D eigenvalue weighted by atomic mass is 32.2. The van der Waals surface area contributed by atoms with Gasteiger partial charge in [0.1, 0.15) is 6.04 Å². The van der Waals surface area contributed by atoms with Crippen molar-refractivity contribution in [3.05, 3.63) is 119 Å². The standard InChI is InChI=1S/C40H40F3N3O6S/c1-25(48)45-32-15-17-34(18-16-32)53-24-33-21-36(29-9-7-26(23-47)8-10-29)52-38(51-33)30-13-11-28(12-14-30)31-5-2-4-27(20-31)22-44-37(49)35-6-3-19-46(35)39(50)40(41,42)43/h2,4-5,7-18,20,33,35-36,38,47H,3,6,19,21-24H2,1H3,(H,44,49)(H,45,48)/t33-,35+,36+,38+/m1/s1. The van der Waals surface area contributed by atoms with E-state index in [2.05, 4.69) is 10.6 Å². The summed E-state index contributed by atoms with van der Waals surface area (Å²) in [4.78, 5) is 37.7. The average Bonchev–Trinajstić information content (AvgIpc) is 3.66. The number of hydrogen-bond acceptors (Lipinski definition) is 7. The smallest absolute Gasteiger partial charge is 0.392 e. The van der Waals surface area contributed by atoms with Crippen molar-refractivity contribution in [2.45, 2.75) is 74.9 Å². The van der Waals surface area contributed by atoms with Crippen LogP contribution in [0.15, 0.2) is 102 Å². The third-order valence-corrected chi connectivity index (χ3v) is 10.3. The van der Waals surface area contributed by atoms with Crippen molar-refractivity contribution in [3.63, 3.8) is 0 Å². The second kappa shape index (κ2) is 17.0. The number of ether oxygens (including phenoxy) is 2. The number of carbonyl (C=O) groups is 3. The minimum Gasteiger partial charge on any atom is -0.392 e. The molecule has 3 amide bonds. The number of carbonyl (C=O) groups excluding carboxylic acids is 3. The van der Waals surface area contributed by atoms with Gasteiger partial charge in [0.15, 0.2) is 6.29 Å². The fourth-order valence-corrected chi connectivity index (χ4v) is 7.42. The van der Waals surface area contributed by atoms with E-state index in [9.17, 15) is 32.7 Å². The molecule has 0 unspecified atom stereocenters. The van der Waals surface area contributed by atoms with Gasteiger partial charge >= 0.3 is 12.1 Å². The molecule has 0 aliphatic carbocycles. The lowest BCUT2D eigenvalue weighted by molar-refractivity contribution is -0.245. The largest absolute Gasteiger partial charge is 0.471 e. The highest BCUT2D eigenvalue weighted by Gasteiger charge is 2.47. The maximum Gasteiger partial charge on any atom is 0.471 e. The summed E-state index contributed by atoms with van der Waals surface area (Å²) in [6.45, 7) is 1.41. The second-order valence-corrected chi connectivity index (χ2v) is 14.2. The van der Waals surface area contributed by atoms with Gasteiger partial charge in [0.2, 0.25) is 11.8 Å². The predicted molar refractivity (Wildman–Crippen MR) is 194 cm³/mol. The van der Waals surface area contributed by atoms with Crippen LogP contribution in [0.3, 0.4) is 0 Å². The van der Waals surface area contributed by atoms with Gasteiger partial charge in [-0.1, -0.05) is 66.7 Å². The fraction of sp³-hybridized carbons (Fsp3) is 0.325. The van der Waals surface area contributed by atoms with Crippen LogP contribution in [0.1, 0.15) is 60.8 Å². The molecule has 13 heteroatoms. The van der Waals surface area contributed by atoms with Crippen LogP contribution in [-0.4, -0.2) is 58.3 Å². The summed E-state index contributed by atoms with van der Waals surface area (Å²) < 4.78 is 52.1. The van der Waals surface area contributed by atoms with Crippen molar-refractivity contribution in [1.82, 2.24) is 10.2 Å². The van der Waals surface area contributed by atoms with Crippen LogP contribution < -0.4 is 10.6 Å². The Kier molecular flexibility index (Phi) is 12.2. The number of aliphatic hydroxyl groups is 1. The van der Waals surface area contributed by atoms with Crippen molar-refractivity contribution >= 4 is 35.2 Å². The first kappa shape index (κ1) is 38.0. The minimum absolute atomic E-state index is 0.0475. The van der Waals surface area contributed by atoms with Gasteiger partial charge in [0, 0.05) is 48.3 Å². The van der Waals surface area contributed by atoms with Crippen LogP contribution in [0.2, 0.25) is 0 Å². The molecule has 0 spiro atoms. The molecule has 2 saturated heterocycles. The van der Waals surface area contributed by atoms with Gasteiger partial charge in [-0.25, -0.2) is 0 Å².